The molecule has 2 nitrogen and oxygen atoms in total. The monoisotopic (exact) mass is 445 g/mol. The number of nitrogens with zero attached hydrogens (tertiary/aromatic N) is 1. The Bertz CT molecular complexity index is 1310. The Hall–Kier alpha value is -3.65. The van der Waals surface area contributed by atoms with Crippen LogP contribution >= 0.6 is 0 Å². The van der Waals surface area contributed by atoms with Crippen molar-refractivity contribution in [1.82, 2.24) is 0 Å². The third-order valence-corrected chi connectivity index (χ3v) is 6.82. The average Bonchev–Trinajstić information content (AvgIpc) is 3.10. The van der Waals surface area contributed by atoms with Crippen molar-refractivity contribution in [3.63, 3.8) is 0 Å². The molecular formula is C32H31NO. The van der Waals surface area contributed by atoms with Crippen molar-refractivity contribution in [3.05, 3.63) is 125 Å². The SMILES string of the molecule is Cc1ccc(C2C(=O)N(Cc3ccccc3)c3cc(-c4ccc(C(C)(C)C)cc4)ccc32)cc1. The molecule has 0 bridgehead atoms. The Morgan fingerprint density at radius 3 is 2.06 bits per heavy atom. The summed E-state index contributed by atoms with van der Waals surface area (Å²) in [5, 5.41) is 0. The number of rotatable bonds is 4. The Labute approximate surface area is 202 Å². The number of carbonyl (C=O) groups excluding carboxylic acids is 1. The number of aryl methyl sites for hydroxylation is 1. The van der Waals surface area contributed by atoms with E-state index in [4.69, 9.17) is 0 Å². The van der Waals surface area contributed by atoms with E-state index in [0.29, 0.717) is 6.54 Å². The summed E-state index contributed by atoms with van der Waals surface area (Å²) in [6.07, 6.45) is 0. The topological polar surface area (TPSA) is 20.3 Å². The molecule has 0 aromatic heterocycles. The first-order chi connectivity index (χ1) is 16.3. The molecule has 0 fully saturated rings. The maximum atomic E-state index is 13.8. The van der Waals surface area contributed by atoms with E-state index in [2.05, 4.69) is 107 Å². The Balaban J connectivity index is 1.58. The first kappa shape index (κ1) is 22.2. The minimum atomic E-state index is -0.267. The average molecular weight is 446 g/mol. The molecule has 0 saturated heterocycles. The highest BCUT2D eigenvalue weighted by molar-refractivity contribution is 6.07. The minimum absolute atomic E-state index is 0.122. The molecule has 1 unspecified atom stereocenters. The summed E-state index contributed by atoms with van der Waals surface area (Å²) < 4.78 is 0. The van der Waals surface area contributed by atoms with Crippen LogP contribution in [0.3, 0.4) is 0 Å². The highest BCUT2D eigenvalue weighted by atomic mass is 16.2. The van der Waals surface area contributed by atoms with Crippen molar-refractivity contribution in [3.8, 4) is 11.1 Å². The van der Waals surface area contributed by atoms with E-state index in [1.165, 1.54) is 16.7 Å². The molecule has 5 rings (SSSR count). The third-order valence-electron chi connectivity index (χ3n) is 6.82. The molecular weight excluding hydrogens is 414 g/mol. The fourth-order valence-electron chi connectivity index (χ4n) is 4.78. The van der Waals surface area contributed by atoms with E-state index >= 15 is 0 Å². The molecule has 0 N–H and O–H groups in total. The number of amides is 1. The van der Waals surface area contributed by atoms with E-state index < -0.39 is 0 Å². The van der Waals surface area contributed by atoms with Crippen LogP contribution in [-0.4, -0.2) is 5.91 Å². The molecule has 4 aromatic carbocycles. The second-order valence-corrected chi connectivity index (χ2v) is 10.4. The van der Waals surface area contributed by atoms with Gasteiger partial charge in [0.05, 0.1) is 12.5 Å². The number of carbonyl (C=O) groups is 1. The van der Waals surface area contributed by atoms with Gasteiger partial charge < -0.3 is 4.90 Å². The van der Waals surface area contributed by atoms with Crippen molar-refractivity contribution < 1.29 is 4.79 Å². The summed E-state index contributed by atoms with van der Waals surface area (Å²) in [6.45, 7) is 9.34. The number of fused-ring (bicyclic) bond motifs is 1. The zero-order chi connectivity index (χ0) is 23.9. The number of hydrogen-bond donors (Lipinski definition) is 0. The lowest BCUT2D eigenvalue weighted by Crippen LogP contribution is -2.28. The largest absolute Gasteiger partial charge is 0.307 e. The Kier molecular flexibility index (Phi) is 5.61. The molecule has 0 radical (unpaired) electrons. The van der Waals surface area contributed by atoms with Crippen LogP contribution in [0.4, 0.5) is 5.69 Å². The van der Waals surface area contributed by atoms with Crippen LogP contribution in [0.1, 0.15) is 54.5 Å². The first-order valence-corrected chi connectivity index (χ1v) is 12.0. The van der Waals surface area contributed by atoms with E-state index in [1.54, 1.807) is 0 Å². The van der Waals surface area contributed by atoms with Gasteiger partial charge in [0.25, 0.3) is 0 Å². The van der Waals surface area contributed by atoms with E-state index in [-0.39, 0.29) is 17.2 Å². The second-order valence-electron chi connectivity index (χ2n) is 10.4. The molecule has 170 valence electrons. The minimum Gasteiger partial charge on any atom is -0.307 e. The smallest absolute Gasteiger partial charge is 0.239 e. The molecule has 1 aliphatic rings. The van der Waals surface area contributed by atoms with Crippen molar-refractivity contribution in [2.75, 3.05) is 4.90 Å². The summed E-state index contributed by atoms with van der Waals surface area (Å²) in [7, 11) is 0. The van der Waals surface area contributed by atoms with Gasteiger partial charge in [-0.1, -0.05) is 117 Å². The molecule has 1 amide bonds. The van der Waals surface area contributed by atoms with Crippen molar-refractivity contribution >= 4 is 11.6 Å². The molecule has 0 spiro atoms. The van der Waals surface area contributed by atoms with E-state index in [0.717, 1.165) is 27.9 Å². The van der Waals surface area contributed by atoms with Gasteiger partial charge in [-0.15, -0.1) is 0 Å². The zero-order valence-electron chi connectivity index (χ0n) is 20.4. The predicted molar refractivity (Wildman–Crippen MR) is 141 cm³/mol. The highest BCUT2D eigenvalue weighted by Crippen LogP contribution is 2.44. The van der Waals surface area contributed by atoms with Gasteiger partial charge in [-0.05, 0) is 51.8 Å². The molecule has 1 heterocycles. The van der Waals surface area contributed by atoms with Crippen LogP contribution in [0.15, 0.2) is 97.1 Å². The van der Waals surface area contributed by atoms with Gasteiger partial charge in [-0.25, -0.2) is 0 Å². The van der Waals surface area contributed by atoms with Crippen LogP contribution in [0.25, 0.3) is 11.1 Å². The van der Waals surface area contributed by atoms with Gasteiger partial charge in [0, 0.05) is 5.69 Å². The number of benzene rings is 4. The summed E-state index contributed by atoms with van der Waals surface area (Å²) in [4.78, 5) is 15.7. The standard InChI is InChI=1S/C32H31NO/c1-22-10-12-25(13-11-22)30-28-19-16-26(24-14-17-27(18-15-24)32(2,3)4)20-29(28)33(31(30)34)21-23-8-6-5-7-9-23/h5-20,30H,21H2,1-4H3. The van der Waals surface area contributed by atoms with Crippen molar-refractivity contribution in [2.24, 2.45) is 0 Å². The lowest BCUT2D eigenvalue weighted by atomic mass is 9.86. The van der Waals surface area contributed by atoms with E-state index in [9.17, 15) is 4.79 Å². The van der Waals surface area contributed by atoms with Gasteiger partial charge in [0.1, 0.15) is 0 Å². The molecule has 34 heavy (non-hydrogen) atoms. The fourth-order valence-corrected chi connectivity index (χ4v) is 4.78. The zero-order valence-corrected chi connectivity index (χ0v) is 20.4. The molecule has 0 aliphatic carbocycles. The van der Waals surface area contributed by atoms with Gasteiger partial charge in [0.15, 0.2) is 0 Å². The third kappa shape index (κ3) is 4.17. The molecule has 4 aromatic rings. The van der Waals surface area contributed by atoms with E-state index in [1.807, 2.05) is 23.1 Å². The molecule has 1 aliphatic heterocycles. The summed E-state index contributed by atoms with van der Waals surface area (Å²) in [6, 6.07) is 33.9. The lowest BCUT2D eigenvalue weighted by Gasteiger charge is -2.20. The van der Waals surface area contributed by atoms with Gasteiger partial charge in [0.2, 0.25) is 5.91 Å². The maximum absolute atomic E-state index is 13.8. The molecule has 0 saturated carbocycles. The number of hydrogen-bond acceptors (Lipinski definition) is 1. The lowest BCUT2D eigenvalue weighted by molar-refractivity contribution is -0.118. The first-order valence-electron chi connectivity index (χ1n) is 12.0. The van der Waals surface area contributed by atoms with Crippen molar-refractivity contribution in [2.45, 2.75) is 45.6 Å². The summed E-state index contributed by atoms with van der Waals surface area (Å²) >= 11 is 0. The van der Waals surface area contributed by atoms with Gasteiger partial charge in [-0.2, -0.15) is 0 Å². The van der Waals surface area contributed by atoms with Gasteiger partial charge in [-0.3, -0.25) is 4.79 Å². The van der Waals surface area contributed by atoms with Gasteiger partial charge >= 0.3 is 0 Å². The van der Waals surface area contributed by atoms with Crippen LogP contribution in [0.5, 0.6) is 0 Å². The maximum Gasteiger partial charge on any atom is 0.239 e. The van der Waals surface area contributed by atoms with Crippen LogP contribution in [0.2, 0.25) is 0 Å². The van der Waals surface area contributed by atoms with Crippen molar-refractivity contribution in [1.29, 1.82) is 0 Å². The number of anilines is 1. The quantitative estimate of drug-likeness (QED) is 0.316. The Morgan fingerprint density at radius 2 is 1.41 bits per heavy atom. The van der Waals surface area contributed by atoms with Crippen LogP contribution in [-0.2, 0) is 16.8 Å². The molecule has 2 heteroatoms. The van der Waals surface area contributed by atoms with Crippen LogP contribution < -0.4 is 4.90 Å². The summed E-state index contributed by atoms with van der Waals surface area (Å²) in [5.74, 6) is -0.125. The fraction of sp³-hybridized carbons (Fsp3) is 0.219. The Morgan fingerprint density at radius 1 is 0.765 bits per heavy atom. The highest BCUT2D eigenvalue weighted by Gasteiger charge is 2.38. The normalized spacial score (nSPS) is 15.5. The second kappa shape index (κ2) is 8.61. The summed E-state index contributed by atoms with van der Waals surface area (Å²) in [5.41, 5.74) is 9.22. The predicted octanol–water partition coefficient (Wildman–Crippen LogP) is 7.64. The van der Waals surface area contributed by atoms with Crippen LogP contribution in [0, 0.1) is 6.92 Å². The molecule has 1 atom stereocenters.